The van der Waals surface area contributed by atoms with Crippen LogP contribution in [0.5, 0.6) is 0 Å². The lowest BCUT2D eigenvalue weighted by Crippen LogP contribution is -2.48. The average Bonchev–Trinajstić information content (AvgIpc) is 2.76. The number of hydrogen-bond donors (Lipinski definition) is 1. The van der Waals surface area contributed by atoms with Gasteiger partial charge in [-0.2, -0.15) is 0 Å². The molecule has 1 atom stereocenters. The summed E-state index contributed by atoms with van der Waals surface area (Å²) < 4.78 is 7.04. The van der Waals surface area contributed by atoms with Gasteiger partial charge in [-0.1, -0.05) is 13.3 Å². The highest BCUT2D eigenvalue weighted by molar-refractivity contribution is 5.76. The maximum atomic E-state index is 11.8. The summed E-state index contributed by atoms with van der Waals surface area (Å²) >= 11 is 0. The van der Waals surface area contributed by atoms with Crippen molar-refractivity contribution in [3.8, 4) is 0 Å². The SMILES string of the molecule is CCCC(CC(=O)NC1COC1)n1ccnc1. The summed E-state index contributed by atoms with van der Waals surface area (Å²) in [6, 6.07) is 0.427. The normalized spacial score (nSPS) is 17.5. The number of ether oxygens (including phenoxy) is 1. The molecule has 0 spiro atoms. The molecule has 1 saturated heterocycles. The zero-order valence-electron chi connectivity index (χ0n) is 10.1. The lowest BCUT2D eigenvalue weighted by molar-refractivity contribution is -0.126. The van der Waals surface area contributed by atoms with E-state index in [2.05, 4.69) is 17.2 Å². The fourth-order valence-corrected chi connectivity index (χ4v) is 1.99. The van der Waals surface area contributed by atoms with Gasteiger partial charge in [0.15, 0.2) is 0 Å². The molecule has 1 amide bonds. The van der Waals surface area contributed by atoms with Crippen molar-refractivity contribution in [1.29, 1.82) is 0 Å². The van der Waals surface area contributed by atoms with Gasteiger partial charge in [0.25, 0.3) is 0 Å². The van der Waals surface area contributed by atoms with Crippen LogP contribution in [-0.4, -0.2) is 34.7 Å². The highest BCUT2D eigenvalue weighted by Gasteiger charge is 2.22. The molecule has 1 unspecified atom stereocenters. The standard InChI is InChI=1S/C12H19N3O2/c1-2-3-11(15-5-4-13-9-15)6-12(16)14-10-7-17-8-10/h4-5,9-11H,2-3,6-8H2,1H3,(H,14,16). The molecule has 5 heteroatoms. The van der Waals surface area contributed by atoms with Crippen LogP contribution < -0.4 is 5.32 Å². The summed E-state index contributed by atoms with van der Waals surface area (Å²) in [6.07, 6.45) is 8.01. The van der Waals surface area contributed by atoms with E-state index in [1.807, 2.05) is 10.8 Å². The fraction of sp³-hybridized carbons (Fsp3) is 0.667. The lowest BCUT2D eigenvalue weighted by Gasteiger charge is -2.27. The van der Waals surface area contributed by atoms with Gasteiger partial charge in [-0.15, -0.1) is 0 Å². The summed E-state index contributed by atoms with van der Waals surface area (Å²) in [6.45, 7) is 3.42. The molecular formula is C12H19N3O2. The van der Waals surface area contributed by atoms with Gasteiger partial charge >= 0.3 is 0 Å². The van der Waals surface area contributed by atoms with Crippen molar-refractivity contribution in [3.63, 3.8) is 0 Å². The van der Waals surface area contributed by atoms with E-state index in [0.717, 1.165) is 12.8 Å². The third-order valence-corrected chi connectivity index (χ3v) is 2.99. The number of nitrogens with zero attached hydrogens (tertiary/aromatic N) is 2. The predicted molar refractivity (Wildman–Crippen MR) is 63.5 cm³/mol. The number of hydrogen-bond acceptors (Lipinski definition) is 3. The van der Waals surface area contributed by atoms with Crippen molar-refractivity contribution < 1.29 is 9.53 Å². The molecule has 2 heterocycles. The van der Waals surface area contributed by atoms with E-state index in [4.69, 9.17) is 4.74 Å². The van der Waals surface area contributed by atoms with Crippen molar-refractivity contribution in [2.75, 3.05) is 13.2 Å². The molecule has 5 nitrogen and oxygen atoms in total. The number of amides is 1. The van der Waals surface area contributed by atoms with Gasteiger partial charge in [-0.3, -0.25) is 4.79 Å². The predicted octanol–water partition coefficient (Wildman–Crippen LogP) is 1.13. The van der Waals surface area contributed by atoms with E-state index in [-0.39, 0.29) is 18.0 Å². The molecule has 1 fully saturated rings. The van der Waals surface area contributed by atoms with Gasteiger partial charge in [0, 0.05) is 24.9 Å². The Labute approximate surface area is 101 Å². The molecule has 1 aromatic rings. The summed E-state index contributed by atoms with van der Waals surface area (Å²) in [5.74, 6) is 0.102. The van der Waals surface area contributed by atoms with Gasteiger partial charge in [0.1, 0.15) is 0 Å². The van der Waals surface area contributed by atoms with Crippen LogP contribution in [0.3, 0.4) is 0 Å². The average molecular weight is 237 g/mol. The Hall–Kier alpha value is -1.36. The van der Waals surface area contributed by atoms with Gasteiger partial charge in [-0.25, -0.2) is 4.98 Å². The molecule has 17 heavy (non-hydrogen) atoms. The van der Waals surface area contributed by atoms with Crippen molar-refractivity contribution in [1.82, 2.24) is 14.9 Å². The van der Waals surface area contributed by atoms with E-state index < -0.39 is 0 Å². The van der Waals surface area contributed by atoms with E-state index in [0.29, 0.717) is 19.6 Å². The van der Waals surface area contributed by atoms with Crippen molar-refractivity contribution in [2.24, 2.45) is 0 Å². The fourth-order valence-electron chi connectivity index (χ4n) is 1.99. The number of aromatic nitrogens is 2. The summed E-state index contributed by atoms with van der Waals surface area (Å²) in [5, 5.41) is 2.97. The molecule has 0 bridgehead atoms. The van der Waals surface area contributed by atoms with Crippen LogP contribution in [0.2, 0.25) is 0 Å². The number of rotatable bonds is 6. The number of carbonyl (C=O) groups is 1. The van der Waals surface area contributed by atoms with Crippen LogP contribution in [0.15, 0.2) is 18.7 Å². The van der Waals surface area contributed by atoms with E-state index in [1.165, 1.54) is 0 Å². The van der Waals surface area contributed by atoms with E-state index in [1.54, 1.807) is 12.5 Å². The molecule has 1 N–H and O–H groups in total. The minimum Gasteiger partial charge on any atom is -0.377 e. The van der Waals surface area contributed by atoms with Crippen LogP contribution in [0.1, 0.15) is 32.2 Å². The number of nitrogens with one attached hydrogen (secondary N) is 1. The Morgan fingerprint density at radius 2 is 2.47 bits per heavy atom. The Morgan fingerprint density at radius 3 is 3.00 bits per heavy atom. The molecule has 1 aliphatic heterocycles. The second-order valence-corrected chi connectivity index (χ2v) is 4.46. The minimum atomic E-state index is 0.102. The van der Waals surface area contributed by atoms with Crippen LogP contribution >= 0.6 is 0 Å². The molecule has 94 valence electrons. The zero-order chi connectivity index (χ0) is 12.1. The van der Waals surface area contributed by atoms with Crippen LogP contribution in [0.4, 0.5) is 0 Å². The van der Waals surface area contributed by atoms with E-state index >= 15 is 0 Å². The highest BCUT2D eigenvalue weighted by Crippen LogP contribution is 2.17. The maximum absolute atomic E-state index is 11.8. The Morgan fingerprint density at radius 1 is 1.65 bits per heavy atom. The highest BCUT2D eigenvalue weighted by atomic mass is 16.5. The second-order valence-electron chi connectivity index (χ2n) is 4.46. The Bertz CT molecular complexity index is 347. The van der Waals surface area contributed by atoms with Crippen LogP contribution in [0.25, 0.3) is 0 Å². The quantitative estimate of drug-likeness (QED) is 0.807. The molecule has 2 rings (SSSR count). The zero-order valence-corrected chi connectivity index (χ0v) is 10.1. The monoisotopic (exact) mass is 237 g/mol. The first-order chi connectivity index (χ1) is 8.29. The Kier molecular flexibility index (Phi) is 4.14. The molecule has 1 aromatic heterocycles. The number of imidazole rings is 1. The summed E-state index contributed by atoms with van der Waals surface area (Å²) in [5.41, 5.74) is 0. The third kappa shape index (κ3) is 3.30. The molecule has 0 aromatic carbocycles. The van der Waals surface area contributed by atoms with Crippen molar-refractivity contribution >= 4 is 5.91 Å². The minimum absolute atomic E-state index is 0.102. The topological polar surface area (TPSA) is 56.1 Å². The largest absolute Gasteiger partial charge is 0.377 e. The maximum Gasteiger partial charge on any atom is 0.222 e. The van der Waals surface area contributed by atoms with Crippen LogP contribution in [-0.2, 0) is 9.53 Å². The van der Waals surface area contributed by atoms with Crippen molar-refractivity contribution in [2.45, 2.75) is 38.3 Å². The lowest BCUT2D eigenvalue weighted by atomic mass is 10.1. The van der Waals surface area contributed by atoms with Gasteiger partial charge < -0.3 is 14.6 Å². The Balaban J connectivity index is 1.86. The molecule has 1 aliphatic rings. The first-order valence-electron chi connectivity index (χ1n) is 6.14. The number of carbonyl (C=O) groups excluding carboxylic acids is 1. The molecule has 0 aliphatic carbocycles. The van der Waals surface area contributed by atoms with E-state index in [9.17, 15) is 4.79 Å². The first-order valence-corrected chi connectivity index (χ1v) is 6.14. The first kappa shape index (κ1) is 12.1. The second kappa shape index (κ2) is 5.82. The van der Waals surface area contributed by atoms with Crippen molar-refractivity contribution in [3.05, 3.63) is 18.7 Å². The van der Waals surface area contributed by atoms with Crippen LogP contribution in [0, 0.1) is 0 Å². The summed E-state index contributed by atoms with van der Waals surface area (Å²) in [7, 11) is 0. The molecule has 0 radical (unpaired) electrons. The third-order valence-electron chi connectivity index (χ3n) is 2.99. The van der Waals surface area contributed by atoms with Gasteiger partial charge in [0.2, 0.25) is 5.91 Å². The molecular weight excluding hydrogens is 218 g/mol. The summed E-state index contributed by atoms with van der Waals surface area (Å²) in [4.78, 5) is 15.9. The van der Waals surface area contributed by atoms with Gasteiger partial charge in [-0.05, 0) is 6.42 Å². The van der Waals surface area contributed by atoms with Gasteiger partial charge in [0.05, 0.1) is 25.6 Å². The smallest absolute Gasteiger partial charge is 0.222 e. The molecule has 0 saturated carbocycles.